The molecule has 0 saturated carbocycles. The summed E-state index contributed by atoms with van der Waals surface area (Å²) in [5.74, 6) is 0.348. The van der Waals surface area contributed by atoms with Crippen molar-refractivity contribution in [2.45, 2.75) is 33.2 Å². The summed E-state index contributed by atoms with van der Waals surface area (Å²) < 4.78 is 1.41. The van der Waals surface area contributed by atoms with Crippen LogP contribution >= 0.6 is 11.3 Å². The van der Waals surface area contributed by atoms with Crippen LogP contribution in [-0.4, -0.2) is 15.3 Å². The van der Waals surface area contributed by atoms with E-state index in [1.807, 2.05) is 36.6 Å². The van der Waals surface area contributed by atoms with Crippen LogP contribution < -0.4 is 5.56 Å². The van der Waals surface area contributed by atoms with Gasteiger partial charge in [0.1, 0.15) is 4.83 Å². The Balaban J connectivity index is 1.71. The molecule has 0 amide bonds. The van der Waals surface area contributed by atoms with E-state index in [4.69, 9.17) is 0 Å². The lowest BCUT2D eigenvalue weighted by Crippen LogP contribution is -2.24. The van der Waals surface area contributed by atoms with Crippen LogP contribution in [-0.2, 0) is 6.54 Å². The second-order valence-electron chi connectivity index (χ2n) is 7.57. The molecule has 29 heavy (non-hydrogen) atoms. The summed E-state index contributed by atoms with van der Waals surface area (Å²) in [7, 11) is 0. The molecule has 0 atom stereocenters. The van der Waals surface area contributed by atoms with Gasteiger partial charge in [-0.05, 0) is 24.0 Å². The number of nitrogens with zero attached hydrogens (tertiary/aromatic N) is 2. The van der Waals surface area contributed by atoms with Gasteiger partial charge in [-0.2, -0.15) is 0 Å². The lowest BCUT2D eigenvalue weighted by Gasteiger charge is -2.08. The molecule has 0 spiro atoms. The molecule has 0 N–H and O–H groups in total. The first-order valence-electron chi connectivity index (χ1n) is 9.61. The number of ketones is 1. The van der Waals surface area contributed by atoms with E-state index in [9.17, 15) is 9.59 Å². The summed E-state index contributed by atoms with van der Waals surface area (Å²) in [6, 6.07) is 15.7. The quantitative estimate of drug-likeness (QED) is 0.418. The molecule has 0 saturated heterocycles. The molecule has 0 aliphatic carbocycles. The molecule has 0 bridgehead atoms. The van der Waals surface area contributed by atoms with Crippen LogP contribution in [0.25, 0.3) is 21.3 Å². The van der Waals surface area contributed by atoms with Gasteiger partial charge in [0.15, 0.2) is 5.78 Å². The number of Topliss-reactive ketones (excluding diaryl/α,β-unsaturated/α-hetero) is 1. The maximum Gasteiger partial charge on any atom is 0.263 e. The second-order valence-corrected chi connectivity index (χ2v) is 8.43. The van der Waals surface area contributed by atoms with Crippen LogP contribution in [0.15, 0.2) is 65.0 Å². The number of aryl methyl sites for hydroxylation is 1. The Morgan fingerprint density at radius 3 is 2.41 bits per heavy atom. The van der Waals surface area contributed by atoms with Crippen molar-refractivity contribution in [3.63, 3.8) is 0 Å². The highest BCUT2D eigenvalue weighted by Gasteiger charge is 2.15. The van der Waals surface area contributed by atoms with Crippen molar-refractivity contribution < 1.29 is 4.79 Å². The normalized spacial score (nSPS) is 11.3. The van der Waals surface area contributed by atoms with E-state index in [2.05, 4.69) is 31.0 Å². The van der Waals surface area contributed by atoms with Gasteiger partial charge in [0.25, 0.3) is 5.56 Å². The number of benzene rings is 2. The molecular weight excluding hydrogens is 380 g/mol. The van der Waals surface area contributed by atoms with Crippen molar-refractivity contribution >= 4 is 27.3 Å². The predicted molar refractivity (Wildman–Crippen MR) is 119 cm³/mol. The van der Waals surface area contributed by atoms with Crippen molar-refractivity contribution in [1.29, 1.82) is 0 Å². The molecule has 2 aromatic carbocycles. The van der Waals surface area contributed by atoms with E-state index in [1.165, 1.54) is 27.8 Å². The first-order chi connectivity index (χ1) is 13.9. The summed E-state index contributed by atoms with van der Waals surface area (Å²) in [5.41, 5.74) is 4.62. The van der Waals surface area contributed by atoms with E-state index >= 15 is 0 Å². The Morgan fingerprint density at radius 1 is 1.07 bits per heavy atom. The highest BCUT2D eigenvalue weighted by molar-refractivity contribution is 7.17. The van der Waals surface area contributed by atoms with Gasteiger partial charge in [-0.15, -0.1) is 11.3 Å². The number of thiophene rings is 1. The van der Waals surface area contributed by atoms with Gasteiger partial charge in [0, 0.05) is 16.5 Å². The molecule has 0 aliphatic heterocycles. The molecule has 0 unspecified atom stereocenters. The van der Waals surface area contributed by atoms with Gasteiger partial charge in [-0.1, -0.05) is 67.9 Å². The fourth-order valence-corrected chi connectivity index (χ4v) is 4.23. The van der Waals surface area contributed by atoms with Crippen LogP contribution in [0.5, 0.6) is 0 Å². The van der Waals surface area contributed by atoms with E-state index in [0.29, 0.717) is 21.7 Å². The number of carbonyl (C=O) groups is 1. The fraction of sp³-hybridized carbons (Fsp3) is 0.208. The zero-order valence-corrected chi connectivity index (χ0v) is 17.5. The van der Waals surface area contributed by atoms with Crippen LogP contribution in [0.3, 0.4) is 0 Å². The standard InChI is InChI=1S/C24H22N2O2S/c1-15(2)17-8-10-18(11-9-17)20-13-29-23-22(20)24(28)26(14-25-23)12-21(27)19-6-4-16(3)5-7-19/h4-11,13-15H,12H2,1-3H3. The van der Waals surface area contributed by atoms with E-state index in [0.717, 1.165) is 16.7 Å². The maximum absolute atomic E-state index is 13.2. The molecule has 5 heteroatoms. The van der Waals surface area contributed by atoms with Gasteiger partial charge in [0.2, 0.25) is 0 Å². The third-order valence-corrected chi connectivity index (χ3v) is 6.02. The largest absolute Gasteiger partial charge is 0.292 e. The highest BCUT2D eigenvalue weighted by atomic mass is 32.1. The Kier molecular flexibility index (Phi) is 5.16. The summed E-state index contributed by atoms with van der Waals surface area (Å²) in [5, 5.41) is 2.54. The molecule has 0 radical (unpaired) electrons. The molecule has 0 fully saturated rings. The number of hydrogen-bond donors (Lipinski definition) is 0. The van der Waals surface area contributed by atoms with Crippen molar-refractivity contribution in [2.24, 2.45) is 0 Å². The molecular formula is C24H22N2O2S. The van der Waals surface area contributed by atoms with Crippen LogP contribution in [0.4, 0.5) is 0 Å². The predicted octanol–water partition coefficient (Wildman–Crippen LogP) is 5.44. The number of aromatic nitrogens is 2. The summed E-state index contributed by atoms with van der Waals surface area (Å²) in [4.78, 5) is 30.9. The number of fused-ring (bicyclic) bond motifs is 1. The fourth-order valence-electron chi connectivity index (χ4n) is 3.33. The van der Waals surface area contributed by atoms with Crippen molar-refractivity contribution in [2.75, 3.05) is 0 Å². The minimum Gasteiger partial charge on any atom is -0.292 e. The summed E-state index contributed by atoms with van der Waals surface area (Å²) in [6.07, 6.45) is 1.47. The molecule has 4 nitrogen and oxygen atoms in total. The Labute approximate surface area is 173 Å². The third kappa shape index (κ3) is 3.78. The second kappa shape index (κ2) is 7.76. The first-order valence-corrected chi connectivity index (χ1v) is 10.5. The average Bonchev–Trinajstić information content (AvgIpc) is 3.15. The number of rotatable bonds is 5. The number of carbonyl (C=O) groups excluding carboxylic acids is 1. The minimum atomic E-state index is -0.181. The molecule has 4 aromatic rings. The summed E-state index contributed by atoms with van der Waals surface area (Å²) >= 11 is 1.45. The lowest BCUT2D eigenvalue weighted by atomic mass is 9.99. The SMILES string of the molecule is Cc1ccc(C(=O)Cn2cnc3scc(-c4ccc(C(C)C)cc4)c3c2=O)cc1. The Hall–Kier alpha value is -3.05. The Bertz CT molecular complexity index is 1230. The van der Waals surface area contributed by atoms with Crippen molar-refractivity contribution in [3.8, 4) is 11.1 Å². The van der Waals surface area contributed by atoms with Gasteiger partial charge in [0.05, 0.1) is 18.3 Å². The number of hydrogen-bond acceptors (Lipinski definition) is 4. The maximum atomic E-state index is 13.2. The zero-order chi connectivity index (χ0) is 20.5. The molecule has 2 heterocycles. The van der Waals surface area contributed by atoms with Gasteiger partial charge in [-0.25, -0.2) is 4.98 Å². The van der Waals surface area contributed by atoms with Gasteiger partial charge >= 0.3 is 0 Å². The molecule has 0 aliphatic rings. The van der Waals surface area contributed by atoms with Gasteiger partial charge in [-0.3, -0.25) is 14.2 Å². The smallest absolute Gasteiger partial charge is 0.263 e. The summed E-state index contributed by atoms with van der Waals surface area (Å²) in [6.45, 7) is 6.26. The zero-order valence-electron chi connectivity index (χ0n) is 16.7. The first kappa shape index (κ1) is 19.3. The topological polar surface area (TPSA) is 52.0 Å². The monoisotopic (exact) mass is 402 g/mol. The van der Waals surface area contributed by atoms with Crippen LogP contribution in [0.1, 0.15) is 41.3 Å². The third-order valence-electron chi connectivity index (χ3n) is 5.14. The van der Waals surface area contributed by atoms with Crippen LogP contribution in [0.2, 0.25) is 0 Å². The lowest BCUT2D eigenvalue weighted by molar-refractivity contribution is 0.0970. The highest BCUT2D eigenvalue weighted by Crippen LogP contribution is 2.31. The van der Waals surface area contributed by atoms with E-state index in [1.54, 1.807) is 12.1 Å². The van der Waals surface area contributed by atoms with E-state index < -0.39 is 0 Å². The molecule has 2 aromatic heterocycles. The molecule has 4 rings (SSSR count). The molecule has 146 valence electrons. The minimum absolute atomic E-state index is 0.0214. The van der Waals surface area contributed by atoms with Crippen molar-refractivity contribution in [3.05, 3.63) is 87.3 Å². The van der Waals surface area contributed by atoms with Crippen LogP contribution in [0, 0.1) is 6.92 Å². The van der Waals surface area contributed by atoms with Gasteiger partial charge < -0.3 is 0 Å². The van der Waals surface area contributed by atoms with Crippen molar-refractivity contribution in [1.82, 2.24) is 9.55 Å². The van der Waals surface area contributed by atoms with E-state index in [-0.39, 0.29) is 17.9 Å². The Morgan fingerprint density at radius 2 is 1.76 bits per heavy atom. The average molecular weight is 403 g/mol.